The topological polar surface area (TPSA) is 30.0 Å². The van der Waals surface area contributed by atoms with E-state index in [1.54, 1.807) is 12.3 Å². The lowest BCUT2D eigenvalue weighted by molar-refractivity contribution is -0.107. The monoisotopic (exact) mass is 357 g/mol. The van der Waals surface area contributed by atoms with Crippen LogP contribution in [0.5, 0.6) is 0 Å². The number of nitrogens with zero attached hydrogens (tertiary/aromatic N) is 1. The molecule has 1 aromatic rings. The number of hydrogen-bond donors (Lipinski definition) is 0. The van der Waals surface area contributed by atoms with Crippen LogP contribution in [-0.4, -0.2) is 11.3 Å². The summed E-state index contributed by atoms with van der Waals surface area (Å²) in [6, 6.07) is 3.64. The van der Waals surface area contributed by atoms with E-state index in [1.165, 1.54) is 0 Å². The highest BCUT2D eigenvalue weighted by molar-refractivity contribution is 9.10. The van der Waals surface area contributed by atoms with E-state index < -0.39 is 0 Å². The third kappa shape index (κ3) is 3.33. The first-order valence-electron chi connectivity index (χ1n) is 2.95. The number of halogens is 3. The number of pyridine rings is 1. The highest BCUT2D eigenvalue weighted by Crippen LogP contribution is 2.18. The molecule has 0 aliphatic heterocycles. The van der Waals surface area contributed by atoms with Gasteiger partial charge in [-0.3, -0.25) is 4.98 Å². The smallest absolute Gasteiger partial charge is 0.139 e. The Labute approximate surface area is 97.8 Å². The second kappa shape index (κ2) is 5.83. The van der Waals surface area contributed by atoms with Gasteiger partial charge in [0.15, 0.2) is 0 Å². The number of hydrogen-bond acceptors (Lipinski definition) is 2. The fourth-order valence-corrected chi connectivity index (χ4v) is 1.13. The summed E-state index contributed by atoms with van der Waals surface area (Å²) in [5, 5.41) is 0. The number of alkyl halides is 1. The molecule has 1 rings (SSSR count). The lowest BCUT2D eigenvalue weighted by Crippen LogP contribution is -1.93. The molecule has 1 heterocycles. The van der Waals surface area contributed by atoms with E-state index in [1.807, 2.05) is 6.07 Å². The first-order valence-corrected chi connectivity index (χ1v) is 4.65. The molecule has 0 saturated heterocycles. The summed E-state index contributed by atoms with van der Waals surface area (Å²) in [6.07, 6.45) is 2.46. The maximum absolute atomic E-state index is 10.3. The van der Waals surface area contributed by atoms with Crippen molar-refractivity contribution in [1.82, 2.24) is 4.98 Å². The Bertz CT molecular complexity index is 249. The molecule has 0 spiro atoms. The molecule has 0 radical (unpaired) electrons. The highest BCUT2D eigenvalue weighted by Gasteiger charge is 2.05. The zero-order valence-corrected chi connectivity index (χ0v) is 10.8. The summed E-state index contributed by atoms with van der Waals surface area (Å²) < 4.78 is 0.909. The van der Waals surface area contributed by atoms with E-state index in [4.69, 9.17) is 0 Å². The van der Waals surface area contributed by atoms with Gasteiger partial charge in [0.1, 0.15) is 11.1 Å². The molecule has 0 fully saturated rings. The second-order valence-corrected chi connectivity index (χ2v) is 3.84. The van der Waals surface area contributed by atoms with Crippen molar-refractivity contribution in [1.29, 1.82) is 0 Å². The molecule has 1 unspecified atom stereocenters. The molecule has 0 aliphatic carbocycles. The molecule has 0 bridgehead atoms. The van der Waals surface area contributed by atoms with Gasteiger partial charge in [-0.2, -0.15) is 0 Å². The van der Waals surface area contributed by atoms with Gasteiger partial charge in [0.25, 0.3) is 0 Å². The molecule has 12 heavy (non-hydrogen) atoms. The number of rotatable bonds is 2. The third-order valence-electron chi connectivity index (χ3n) is 1.15. The summed E-state index contributed by atoms with van der Waals surface area (Å²) >= 11 is 6.41. The molecule has 0 aliphatic rings. The number of aromatic nitrogens is 1. The molecule has 0 saturated carbocycles. The van der Waals surface area contributed by atoms with Crippen molar-refractivity contribution in [3.05, 3.63) is 28.5 Å². The molecule has 2 nitrogen and oxygen atoms in total. The lowest BCUT2D eigenvalue weighted by Gasteiger charge is -1.99. The quantitative estimate of drug-likeness (QED) is 0.600. The van der Waals surface area contributed by atoms with Crippen LogP contribution < -0.4 is 0 Å². The van der Waals surface area contributed by atoms with Gasteiger partial charge in [-0.25, -0.2) is 0 Å². The molecular formula is C7H6Br3NO. The highest BCUT2D eigenvalue weighted by atomic mass is 79.9. The molecule has 1 aromatic heterocycles. The summed E-state index contributed by atoms with van der Waals surface area (Å²) in [5.74, 6) is 0. The van der Waals surface area contributed by atoms with Gasteiger partial charge in [-0.15, -0.1) is 17.0 Å². The Morgan fingerprint density at radius 2 is 2.17 bits per heavy atom. The van der Waals surface area contributed by atoms with Crippen LogP contribution in [0.25, 0.3) is 0 Å². The van der Waals surface area contributed by atoms with Crippen molar-refractivity contribution in [2.24, 2.45) is 0 Å². The zero-order chi connectivity index (χ0) is 8.27. The maximum Gasteiger partial charge on any atom is 0.139 e. The van der Waals surface area contributed by atoms with E-state index in [-0.39, 0.29) is 21.8 Å². The van der Waals surface area contributed by atoms with Crippen LogP contribution in [0.15, 0.2) is 22.8 Å². The Morgan fingerprint density at radius 1 is 1.50 bits per heavy atom. The maximum atomic E-state index is 10.3. The van der Waals surface area contributed by atoms with E-state index in [2.05, 4.69) is 36.8 Å². The first-order chi connectivity index (χ1) is 5.24. The van der Waals surface area contributed by atoms with E-state index >= 15 is 0 Å². The van der Waals surface area contributed by atoms with Gasteiger partial charge in [0.05, 0.1) is 5.69 Å². The van der Waals surface area contributed by atoms with Gasteiger partial charge in [0, 0.05) is 10.7 Å². The van der Waals surface area contributed by atoms with Crippen molar-refractivity contribution in [3.8, 4) is 0 Å². The van der Waals surface area contributed by atoms with E-state index in [9.17, 15) is 4.79 Å². The van der Waals surface area contributed by atoms with Gasteiger partial charge < -0.3 is 4.79 Å². The van der Waals surface area contributed by atoms with Crippen molar-refractivity contribution < 1.29 is 4.79 Å². The molecule has 66 valence electrons. The van der Waals surface area contributed by atoms with Crippen LogP contribution in [0.4, 0.5) is 0 Å². The standard InChI is InChI=1S/C7H5Br2NO.BrH/c8-5-1-2-7(10-3-5)6(9)4-11;/h1-4,6H;1H. The van der Waals surface area contributed by atoms with Crippen molar-refractivity contribution in [3.63, 3.8) is 0 Å². The Balaban J connectivity index is 0.00000121. The Hall–Kier alpha value is 0.260. The fraction of sp³-hybridized carbons (Fsp3) is 0.143. The number of carbonyl (C=O) groups is 1. The Kier molecular flexibility index (Phi) is 5.96. The zero-order valence-electron chi connectivity index (χ0n) is 5.91. The van der Waals surface area contributed by atoms with Crippen LogP contribution in [0.1, 0.15) is 10.5 Å². The summed E-state index contributed by atoms with van der Waals surface area (Å²) in [7, 11) is 0. The van der Waals surface area contributed by atoms with Crippen molar-refractivity contribution in [2.45, 2.75) is 4.83 Å². The van der Waals surface area contributed by atoms with Gasteiger partial charge in [-0.1, -0.05) is 15.9 Å². The summed E-state index contributed by atoms with van der Waals surface area (Å²) in [6.45, 7) is 0. The molecule has 5 heteroatoms. The minimum atomic E-state index is -0.296. The van der Waals surface area contributed by atoms with Crippen LogP contribution in [0.3, 0.4) is 0 Å². The van der Waals surface area contributed by atoms with Crippen LogP contribution in [-0.2, 0) is 4.79 Å². The first kappa shape index (κ1) is 12.3. The molecule has 1 atom stereocenters. The number of aldehydes is 1. The normalized spacial score (nSPS) is 11.5. The largest absolute Gasteiger partial charge is 0.302 e. The predicted molar refractivity (Wildman–Crippen MR) is 60.0 cm³/mol. The van der Waals surface area contributed by atoms with E-state index in [0.717, 1.165) is 16.5 Å². The van der Waals surface area contributed by atoms with Gasteiger partial charge in [0.2, 0.25) is 0 Å². The van der Waals surface area contributed by atoms with Crippen molar-refractivity contribution in [2.75, 3.05) is 0 Å². The molecule has 0 amide bonds. The lowest BCUT2D eigenvalue weighted by atomic mass is 10.3. The second-order valence-electron chi connectivity index (χ2n) is 1.94. The number of carbonyl (C=O) groups excluding carboxylic acids is 1. The third-order valence-corrected chi connectivity index (χ3v) is 2.31. The summed E-state index contributed by atoms with van der Waals surface area (Å²) in [5.41, 5.74) is 0.725. The SMILES string of the molecule is Br.O=CC(Br)c1ccc(Br)cn1. The van der Waals surface area contributed by atoms with Gasteiger partial charge >= 0.3 is 0 Å². The average molecular weight is 360 g/mol. The average Bonchev–Trinajstić information content (AvgIpc) is 2.05. The minimum absolute atomic E-state index is 0. The fourth-order valence-electron chi connectivity index (χ4n) is 0.620. The van der Waals surface area contributed by atoms with Crippen LogP contribution in [0, 0.1) is 0 Å². The minimum Gasteiger partial charge on any atom is -0.302 e. The molecular weight excluding hydrogens is 354 g/mol. The predicted octanol–water partition coefficient (Wildman–Crippen LogP) is 3.06. The van der Waals surface area contributed by atoms with Crippen molar-refractivity contribution >= 4 is 55.1 Å². The van der Waals surface area contributed by atoms with Crippen LogP contribution >= 0.6 is 48.8 Å². The Morgan fingerprint density at radius 3 is 2.58 bits per heavy atom. The molecule has 0 N–H and O–H groups in total. The summed E-state index contributed by atoms with van der Waals surface area (Å²) in [4.78, 5) is 14.0. The van der Waals surface area contributed by atoms with E-state index in [0.29, 0.717) is 0 Å². The molecule has 0 aromatic carbocycles. The van der Waals surface area contributed by atoms with Gasteiger partial charge in [-0.05, 0) is 28.1 Å². The van der Waals surface area contributed by atoms with Crippen LogP contribution in [0.2, 0.25) is 0 Å².